The molecule has 1 atom stereocenters. The molecule has 0 saturated carbocycles. The fourth-order valence-electron chi connectivity index (χ4n) is 3.06. The zero-order valence-electron chi connectivity index (χ0n) is 16.4. The van der Waals surface area contributed by atoms with Crippen LogP contribution >= 0.6 is 12.4 Å². The Morgan fingerprint density at radius 1 is 1.00 bits per heavy atom. The average Bonchev–Trinajstić information content (AvgIpc) is 2.84. The smallest absolute Gasteiger partial charge is 0.330 e. The Balaban J connectivity index is 0.00000280. The molecule has 154 valence electrons. The highest BCUT2D eigenvalue weighted by atomic mass is 35.5. The predicted octanol–water partition coefficient (Wildman–Crippen LogP) is 3.45. The van der Waals surface area contributed by atoms with Gasteiger partial charge < -0.3 is 10.4 Å². The van der Waals surface area contributed by atoms with Crippen LogP contribution in [0.4, 0.5) is 17.1 Å². The fraction of sp³-hybridized carbons (Fsp3) is 0.400. The number of rotatable bonds is 6. The number of anilines is 3. The molecule has 8 heteroatoms. The summed E-state index contributed by atoms with van der Waals surface area (Å²) in [7, 11) is -3.74. The topological polar surface area (TPSA) is 72.9 Å². The van der Waals surface area contributed by atoms with E-state index >= 15 is 0 Å². The molecule has 0 aromatic heterocycles. The number of hydrogen-bond acceptors (Lipinski definition) is 4. The number of nitrogens with zero attached hydrogens (tertiary/aromatic N) is 2. The van der Waals surface area contributed by atoms with E-state index in [0.717, 1.165) is 0 Å². The Kier molecular flexibility index (Phi) is 6.98. The number of β-amino-alcohol motifs (C(OH)–C–C–N with tert-alkyl or cyclic N) is 1. The van der Waals surface area contributed by atoms with Gasteiger partial charge >= 0.3 is 10.2 Å². The molecule has 1 aliphatic rings. The number of hydrogen-bond donors (Lipinski definition) is 2. The quantitative estimate of drug-likeness (QED) is 0.743. The second-order valence-corrected chi connectivity index (χ2v) is 9.44. The standard InChI is InChI=1S/C20H27N3O3S.ClH/c1-20(2,3)21-15-17(24)13-14-22-18-11-7-8-12-19(18)23(27(22,25)26)16-9-5-4-6-10-16;/h4-12,17,21,24H,13-15H2,1-3H3;1H. The van der Waals surface area contributed by atoms with Gasteiger partial charge in [0.1, 0.15) is 0 Å². The summed E-state index contributed by atoms with van der Waals surface area (Å²) in [6.45, 7) is 6.72. The lowest BCUT2D eigenvalue weighted by molar-refractivity contribution is 0.154. The summed E-state index contributed by atoms with van der Waals surface area (Å²) in [5.41, 5.74) is 1.77. The number of fused-ring (bicyclic) bond motifs is 1. The van der Waals surface area contributed by atoms with Crippen LogP contribution < -0.4 is 13.9 Å². The molecule has 0 saturated heterocycles. The lowest BCUT2D eigenvalue weighted by atomic mass is 10.1. The minimum absolute atomic E-state index is 0. The van der Waals surface area contributed by atoms with E-state index in [-0.39, 0.29) is 24.5 Å². The van der Waals surface area contributed by atoms with E-state index in [9.17, 15) is 13.5 Å². The lowest BCUT2D eigenvalue weighted by Gasteiger charge is -2.25. The minimum Gasteiger partial charge on any atom is -0.392 e. The molecule has 1 aliphatic heterocycles. The minimum atomic E-state index is -3.74. The van der Waals surface area contributed by atoms with E-state index in [1.165, 1.54) is 8.61 Å². The number of aliphatic hydroxyl groups is 1. The van der Waals surface area contributed by atoms with Crippen molar-refractivity contribution in [2.24, 2.45) is 0 Å². The molecule has 28 heavy (non-hydrogen) atoms. The third kappa shape index (κ3) is 4.78. The molecule has 2 N–H and O–H groups in total. The Morgan fingerprint density at radius 2 is 1.57 bits per heavy atom. The van der Waals surface area contributed by atoms with Gasteiger partial charge in [0, 0.05) is 18.6 Å². The van der Waals surface area contributed by atoms with Gasteiger partial charge in [-0.25, -0.2) is 4.31 Å². The molecule has 2 aromatic carbocycles. The summed E-state index contributed by atoms with van der Waals surface area (Å²) in [5.74, 6) is 0. The second-order valence-electron chi connectivity index (χ2n) is 7.74. The molecule has 2 aromatic rings. The Hall–Kier alpha value is -1.80. The summed E-state index contributed by atoms with van der Waals surface area (Å²) < 4.78 is 29.2. The first-order valence-electron chi connectivity index (χ1n) is 9.10. The fourth-order valence-corrected chi connectivity index (χ4v) is 4.79. The highest BCUT2D eigenvalue weighted by molar-refractivity contribution is 7.95. The highest BCUT2D eigenvalue weighted by Crippen LogP contribution is 2.45. The van der Waals surface area contributed by atoms with E-state index in [1.54, 1.807) is 24.3 Å². The third-order valence-corrected chi connectivity index (χ3v) is 6.21. The first-order chi connectivity index (χ1) is 12.7. The van der Waals surface area contributed by atoms with Crippen LogP contribution in [-0.4, -0.2) is 38.3 Å². The van der Waals surface area contributed by atoms with E-state index in [0.29, 0.717) is 30.0 Å². The highest BCUT2D eigenvalue weighted by Gasteiger charge is 2.40. The molecule has 0 spiro atoms. The van der Waals surface area contributed by atoms with Crippen LogP contribution in [0.25, 0.3) is 0 Å². The molecule has 3 rings (SSSR count). The SMILES string of the molecule is CC(C)(C)NCC(O)CCN1c2ccccc2N(c2ccccc2)S1(=O)=O.Cl. The molecule has 1 unspecified atom stereocenters. The van der Waals surface area contributed by atoms with Crippen molar-refractivity contribution in [2.75, 3.05) is 21.7 Å². The number of aliphatic hydroxyl groups excluding tert-OH is 1. The van der Waals surface area contributed by atoms with Crippen molar-refractivity contribution in [3.05, 3.63) is 54.6 Å². The summed E-state index contributed by atoms with van der Waals surface area (Å²) in [6.07, 6.45) is -0.281. The Labute approximate surface area is 173 Å². The zero-order chi connectivity index (χ0) is 19.7. The van der Waals surface area contributed by atoms with Crippen molar-refractivity contribution in [3.8, 4) is 0 Å². The van der Waals surface area contributed by atoms with Crippen molar-refractivity contribution in [1.82, 2.24) is 5.32 Å². The molecule has 0 aliphatic carbocycles. The number of halogens is 1. The molecule has 0 fully saturated rings. The summed E-state index contributed by atoms with van der Waals surface area (Å²) in [6, 6.07) is 16.3. The van der Waals surface area contributed by atoms with Crippen molar-refractivity contribution in [2.45, 2.75) is 38.8 Å². The first-order valence-corrected chi connectivity index (χ1v) is 10.5. The predicted molar refractivity (Wildman–Crippen MR) is 117 cm³/mol. The number of para-hydroxylation sites is 3. The van der Waals surface area contributed by atoms with Gasteiger partial charge in [-0.3, -0.25) is 4.31 Å². The van der Waals surface area contributed by atoms with Gasteiger partial charge in [0.25, 0.3) is 0 Å². The van der Waals surface area contributed by atoms with Crippen LogP contribution in [0.2, 0.25) is 0 Å². The second kappa shape index (κ2) is 8.69. The summed E-state index contributed by atoms with van der Waals surface area (Å²) >= 11 is 0. The van der Waals surface area contributed by atoms with Crippen LogP contribution in [0.3, 0.4) is 0 Å². The first kappa shape index (κ1) is 22.5. The van der Waals surface area contributed by atoms with Crippen LogP contribution in [0.1, 0.15) is 27.2 Å². The average molecular weight is 426 g/mol. The third-order valence-electron chi connectivity index (χ3n) is 4.40. The zero-order valence-corrected chi connectivity index (χ0v) is 18.0. The Bertz CT molecular complexity index is 885. The Morgan fingerprint density at radius 3 is 2.18 bits per heavy atom. The molecule has 0 bridgehead atoms. The largest absolute Gasteiger partial charge is 0.392 e. The number of nitrogens with one attached hydrogen (secondary N) is 1. The summed E-state index contributed by atoms with van der Waals surface area (Å²) in [5, 5.41) is 13.5. The van der Waals surface area contributed by atoms with Crippen molar-refractivity contribution < 1.29 is 13.5 Å². The van der Waals surface area contributed by atoms with Gasteiger partial charge in [0.15, 0.2) is 0 Å². The maximum atomic E-state index is 13.2. The summed E-state index contributed by atoms with van der Waals surface area (Å²) in [4.78, 5) is 0. The molecule has 0 amide bonds. The van der Waals surface area contributed by atoms with E-state index in [1.807, 2.05) is 51.1 Å². The van der Waals surface area contributed by atoms with Crippen molar-refractivity contribution >= 4 is 39.7 Å². The molecule has 0 radical (unpaired) electrons. The van der Waals surface area contributed by atoms with Crippen LogP contribution in [0.5, 0.6) is 0 Å². The maximum Gasteiger partial charge on any atom is 0.330 e. The van der Waals surface area contributed by atoms with E-state index in [2.05, 4.69) is 5.32 Å². The van der Waals surface area contributed by atoms with Gasteiger partial charge in [-0.15, -0.1) is 12.4 Å². The van der Waals surface area contributed by atoms with Crippen LogP contribution in [0.15, 0.2) is 54.6 Å². The van der Waals surface area contributed by atoms with Crippen molar-refractivity contribution in [1.29, 1.82) is 0 Å². The molecule has 1 heterocycles. The molecular formula is C20H28ClN3O3S. The van der Waals surface area contributed by atoms with Crippen LogP contribution in [0, 0.1) is 0 Å². The van der Waals surface area contributed by atoms with Gasteiger partial charge in [-0.2, -0.15) is 8.42 Å². The molecule has 6 nitrogen and oxygen atoms in total. The van der Waals surface area contributed by atoms with Gasteiger partial charge in [-0.05, 0) is 51.5 Å². The number of benzene rings is 2. The van der Waals surface area contributed by atoms with Gasteiger partial charge in [-0.1, -0.05) is 30.3 Å². The maximum absolute atomic E-state index is 13.2. The van der Waals surface area contributed by atoms with Crippen LogP contribution in [-0.2, 0) is 10.2 Å². The molecular weight excluding hydrogens is 398 g/mol. The van der Waals surface area contributed by atoms with E-state index in [4.69, 9.17) is 0 Å². The monoisotopic (exact) mass is 425 g/mol. The van der Waals surface area contributed by atoms with Crippen molar-refractivity contribution in [3.63, 3.8) is 0 Å². The van der Waals surface area contributed by atoms with Gasteiger partial charge in [0.05, 0.1) is 23.2 Å². The van der Waals surface area contributed by atoms with E-state index < -0.39 is 16.3 Å². The van der Waals surface area contributed by atoms with Gasteiger partial charge in [0.2, 0.25) is 0 Å². The lowest BCUT2D eigenvalue weighted by Crippen LogP contribution is -2.42. The normalized spacial score (nSPS) is 16.4.